The Labute approximate surface area is 183 Å². The largest absolute Gasteiger partial charge is 0.494 e. The van der Waals surface area contributed by atoms with E-state index >= 15 is 0 Å². The molecule has 0 atom stereocenters. The third kappa shape index (κ3) is 5.06. The molecule has 0 saturated carbocycles. The molecule has 0 amide bonds. The molecule has 7 heteroatoms. The summed E-state index contributed by atoms with van der Waals surface area (Å²) >= 11 is 0. The number of nitrogens with zero attached hydrogens (tertiary/aromatic N) is 4. The molecule has 1 aromatic heterocycles. The summed E-state index contributed by atoms with van der Waals surface area (Å²) in [4.78, 5) is 2.37. The van der Waals surface area contributed by atoms with Crippen molar-refractivity contribution in [1.29, 1.82) is 0 Å². The van der Waals surface area contributed by atoms with Crippen molar-refractivity contribution in [2.75, 3.05) is 46.1 Å². The van der Waals surface area contributed by atoms with E-state index in [4.69, 9.17) is 14.2 Å². The van der Waals surface area contributed by atoms with Crippen LogP contribution in [0.5, 0.6) is 11.5 Å². The van der Waals surface area contributed by atoms with E-state index in [2.05, 4.69) is 44.8 Å². The molecule has 31 heavy (non-hydrogen) atoms. The predicted octanol–water partition coefficient (Wildman–Crippen LogP) is 3.66. The predicted molar refractivity (Wildman–Crippen MR) is 120 cm³/mol. The monoisotopic (exact) mass is 422 g/mol. The van der Waals surface area contributed by atoms with Crippen LogP contribution in [0.2, 0.25) is 0 Å². The van der Waals surface area contributed by atoms with E-state index in [0.29, 0.717) is 13.2 Å². The maximum atomic E-state index is 6.26. The Bertz CT molecular complexity index is 995. The summed E-state index contributed by atoms with van der Waals surface area (Å²) in [6, 6.07) is 14.2. The van der Waals surface area contributed by atoms with Gasteiger partial charge >= 0.3 is 0 Å². The first-order valence-corrected chi connectivity index (χ1v) is 10.8. The van der Waals surface area contributed by atoms with E-state index in [-0.39, 0.29) is 0 Å². The molecular formula is C24H30N4O3. The van der Waals surface area contributed by atoms with E-state index in [0.717, 1.165) is 72.8 Å². The lowest BCUT2D eigenvalue weighted by Gasteiger charge is -2.26. The quantitative estimate of drug-likeness (QED) is 0.552. The summed E-state index contributed by atoms with van der Waals surface area (Å²) in [7, 11) is 0. The maximum Gasteiger partial charge on any atom is 0.168 e. The number of hydrogen-bond acceptors (Lipinski definition) is 6. The molecule has 4 rings (SSSR count). The van der Waals surface area contributed by atoms with Gasteiger partial charge in [0, 0.05) is 25.2 Å². The molecule has 0 N–H and O–H groups in total. The highest BCUT2D eigenvalue weighted by Crippen LogP contribution is 2.30. The number of ether oxygens (including phenoxy) is 3. The van der Waals surface area contributed by atoms with E-state index in [1.165, 1.54) is 0 Å². The lowest BCUT2D eigenvalue weighted by Crippen LogP contribution is -2.38. The van der Waals surface area contributed by atoms with Crippen LogP contribution >= 0.6 is 0 Å². The van der Waals surface area contributed by atoms with E-state index in [9.17, 15) is 0 Å². The van der Waals surface area contributed by atoms with Gasteiger partial charge in [-0.3, -0.25) is 9.47 Å². The van der Waals surface area contributed by atoms with Gasteiger partial charge < -0.3 is 14.2 Å². The second-order valence-electron chi connectivity index (χ2n) is 7.64. The second kappa shape index (κ2) is 9.94. The summed E-state index contributed by atoms with van der Waals surface area (Å²) in [5.74, 6) is 3.27. The Kier molecular flexibility index (Phi) is 6.84. The van der Waals surface area contributed by atoms with Crippen LogP contribution in [0.3, 0.4) is 0 Å². The number of hydrogen-bond donors (Lipinski definition) is 0. The maximum absolute atomic E-state index is 6.26. The highest BCUT2D eigenvalue weighted by Gasteiger charge is 2.17. The third-order valence-corrected chi connectivity index (χ3v) is 5.37. The molecule has 1 aliphatic rings. The Morgan fingerprint density at radius 3 is 2.48 bits per heavy atom. The van der Waals surface area contributed by atoms with Crippen LogP contribution in [-0.2, 0) is 4.74 Å². The molecule has 2 aromatic carbocycles. The van der Waals surface area contributed by atoms with Crippen molar-refractivity contribution in [2.24, 2.45) is 0 Å². The van der Waals surface area contributed by atoms with Crippen LogP contribution in [0, 0.1) is 13.8 Å². The van der Waals surface area contributed by atoms with Gasteiger partial charge in [0.1, 0.15) is 23.9 Å². The molecule has 1 saturated heterocycles. The minimum Gasteiger partial charge on any atom is -0.494 e. The fraction of sp³-hybridized carbons (Fsp3) is 0.417. The fourth-order valence-corrected chi connectivity index (χ4v) is 3.74. The van der Waals surface area contributed by atoms with Crippen LogP contribution in [0.25, 0.3) is 17.1 Å². The van der Waals surface area contributed by atoms with E-state index in [1.807, 2.05) is 38.1 Å². The van der Waals surface area contributed by atoms with Crippen molar-refractivity contribution in [3.63, 3.8) is 0 Å². The van der Waals surface area contributed by atoms with Gasteiger partial charge in [0.15, 0.2) is 5.82 Å². The van der Waals surface area contributed by atoms with Crippen molar-refractivity contribution < 1.29 is 14.2 Å². The Balaban J connectivity index is 1.59. The SMILES string of the molecule is CCOc1ccc(-c2nnc(C)n2-c2ccc(C)cc2OCCN2CCOCC2)cc1. The van der Waals surface area contributed by atoms with Crippen molar-refractivity contribution in [1.82, 2.24) is 19.7 Å². The molecular weight excluding hydrogens is 392 g/mol. The number of rotatable bonds is 8. The van der Waals surface area contributed by atoms with Crippen LogP contribution < -0.4 is 9.47 Å². The average Bonchev–Trinajstić information content (AvgIpc) is 3.17. The van der Waals surface area contributed by atoms with E-state index < -0.39 is 0 Å². The van der Waals surface area contributed by atoms with Crippen LogP contribution in [-0.4, -0.2) is 65.7 Å². The average molecular weight is 423 g/mol. The molecule has 0 radical (unpaired) electrons. The molecule has 164 valence electrons. The first kappa shape index (κ1) is 21.3. The van der Waals surface area contributed by atoms with Gasteiger partial charge in [-0.15, -0.1) is 10.2 Å². The van der Waals surface area contributed by atoms with Crippen molar-refractivity contribution >= 4 is 0 Å². The molecule has 2 heterocycles. The lowest BCUT2D eigenvalue weighted by molar-refractivity contribution is 0.0322. The minimum absolute atomic E-state index is 0.621. The molecule has 7 nitrogen and oxygen atoms in total. The van der Waals surface area contributed by atoms with Crippen molar-refractivity contribution in [3.05, 3.63) is 53.9 Å². The lowest BCUT2D eigenvalue weighted by atomic mass is 10.1. The summed E-state index contributed by atoms with van der Waals surface area (Å²) in [5, 5.41) is 8.80. The smallest absolute Gasteiger partial charge is 0.168 e. The summed E-state index contributed by atoms with van der Waals surface area (Å²) in [5.41, 5.74) is 3.07. The number of aromatic nitrogens is 3. The van der Waals surface area contributed by atoms with Crippen LogP contribution in [0.1, 0.15) is 18.3 Å². The van der Waals surface area contributed by atoms with Gasteiger partial charge in [-0.1, -0.05) is 6.07 Å². The molecule has 0 spiro atoms. The van der Waals surface area contributed by atoms with E-state index in [1.54, 1.807) is 0 Å². The minimum atomic E-state index is 0.621. The summed E-state index contributed by atoms with van der Waals surface area (Å²) < 4.78 is 19.3. The molecule has 0 bridgehead atoms. The zero-order valence-corrected chi connectivity index (χ0v) is 18.5. The van der Waals surface area contributed by atoms with Crippen LogP contribution in [0.15, 0.2) is 42.5 Å². The van der Waals surface area contributed by atoms with Gasteiger partial charge in [-0.05, 0) is 62.7 Å². The molecule has 1 fully saturated rings. The Morgan fingerprint density at radius 1 is 0.968 bits per heavy atom. The van der Waals surface area contributed by atoms with Crippen LogP contribution in [0.4, 0.5) is 0 Å². The van der Waals surface area contributed by atoms with Crippen molar-refractivity contribution in [2.45, 2.75) is 20.8 Å². The van der Waals surface area contributed by atoms with Gasteiger partial charge in [-0.2, -0.15) is 0 Å². The first-order valence-electron chi connectivity index (χ1n) is 10.8. The standard InChI is InChI=1S/C24H30N4O3/c1-4-30-21-8-6-20(7-9-21)24-26-25-19(3)28(24)22-10-5-18(2)17-23(22)31-16-13-27-11-14-29-15-12-27/h5-10,17H,4,11-16H2,1-3H3. The fourth-order valence-electron chi connectivity index (χ4n) is 3.74. The number of aryl methyl sites for hydroxylation is 2. The second-order valence-corrected chi connectivity index (χ2v) is 7.64. The highest BCUT2D eigenvalue weighted by molar-refractivity contribution is 5.62. The van der Waals surface area contributed by atoms with Gasteiger partial charge in [0.2, 0.25) is 0 Å². The highest BCUT2D eigenvalue weighted by atomic mass is 16.5. The summed E-state index contributed by atoms with van der Waals surface area (Å²) in [6.45, 7) is 11.6. The zero-order chi connectivity index (χ0) is 21.6. The van der Waals surface area contributed by atoms with Gasteiger partial charge in [0.05, 0.1) is 25.5 Å². The Hall–Kier alpha value is -2.90. The summed E-state index contributed by atoms with van der Waals surface area (Å²) in [6.07, 6.45) is 0. The normalized spacial score (nSPS) is 14.5. The number of morpholine rings is 1. The van der Waals surface area contributed by atoms with Gasteiger partial charge in [0.25, 0.3) is 0 Å². The number of benzene rings is 2. The molecule has 0 unspecified atom stereocenters. The third-order valence-electron chi connectivity index (χ3n) is 5.37. The molecule has 3 aromatic rings. The topological polar surface area (TPSA) is 61.6 Å². The van der Waals surface area contributed by atoms with Gasteiger partial charge in [-0.25, -0.2) is 0 Å². The molecule has 1 aliphatic heterocycles. The zero-order valence-electron chi connectivity index (χ0n) is 18.5. The Morgan fingerprint density at radius 2 is 1.74 bits per heavy atom. The first-order chi connectivity index (χ1) is 15.2. The molecule has 0 aliphatic carbocycles. The van der Waals surface area contributed by atoms with Crippen molar-refractivity contribution in [3.8, 4) is 28.6 Å².